The van der Waals surface area contributed by atoms with Crippen LogP contribution < -0.4 is 10.6 Å². The van der Waals surface area contributed by atoms with Crippen molar-refractivity contribution in [3.63, 3.8) is 0 Å². The number of nitrogens with one attached hydrogen (secondary N) is 2. The Labute approximate surface area is 123 Å². The van der Waals surface area contributed by atoms with Gasteiger partial charge in [0.25, 0.3) is 5.69 Å². The summed E-state index contributed by atoms with van der Waals surface area (Å²) in [6.45, 7) is 7.68. The zero-order valence-electron chi connectivity index (χ0n) is 12.5. The molecule has 0 aliphatic carbocycles. The van der Waals surface area contributed by atoms with Crippen molar-refractivity contribution in [3.05, 3.63) is 40.1 Å². The van der Waals surface area contributed by atoms with Crippen LogP contribution in [0.2, 0.25) is 0 Å². The number of nitrogens with zero attached hydrogens (tertiary/aromatic N) is 2. The summed E-state index contributed by atoms with van der Waals surface area (Å²) in [5.74, 6) is 0. The SMILES string of the molecule is Cc1cc(NCCNC(C)C)c2cc([N+](=O)[O-])ccc2n1. The van der Waals surface area contributed by atoms with Gasteiger partial charge in [-0.05, 0) is 19.1 Å². The van der Waals surface area contributed by atoms with E-state index in [2.05, 4.69) is 29.5 Å². The van der Waals surface area contributed by atoms with Gasteiger partial charge >= 0.3 is 0 Å². The van der Waals surface area contributed by atoms with E-state index in [9.17, 15) is 10.1 Å². The predicted octanol–water partition coefficient (Wildman–Crippen LogP) is 2.86. The van der Waals surface area contributed by atoms with Crippen molar-refractivity contribution in [2.24, 2.45) is 0 Å². The van der Waals surface area contributed by atoms with Crippen molar-refractivity contribution < 1.29 is 4.92 Å². The van der Waals surface area contributed by atoms with E-state index in [1.165, 1.54) is 6.07 Å². The minimum absolute atomic E-state index is 0.0801. The average Bonchev–Trinajstić information content (AvgIpc) is 2.42. The third-order valence-electron chi connectivity index (χ3n) is 3.12. The Bertz CT molecular complexity index is 655. The minimum Gasteiger partial charge on any atom is -0.383 e. The van der Waals surface area contributed by atoms with E-state index in [0.29, 0.717) is 6.04 Å². The van der Waals surface area contributed by atoms with Crippen molar-refractivity contribution in [2.45, 2.75) is 26.8 Å². The molecule has 0 spiro atoms. The van der Waals surface area contributed by atoms with Gasteiger partial charge in [0.05, 0.1) is 10.4 Å². The van der Waals surface area contributed by atoms with Crippen LogP contribution in [0.25, 0.3) is 10.9 Å². The first kappa shape index (κ1) is 15.2. The molecule has 0 bridgehead atoms. The summed E-state index contributed by atoms with van der Waals surface area (Å²) in [5, 5.41) is 18.3. The molecule has 1 aromatic heterocycles. The molecule has 6 nitrogen and oxygen atoms in total. The van der Waals surface area contributed by atoms with Crippen LogP contribution in [0.1, 0.15) is 19.5 Å². The fourth-order valence-electron chi connectivity index (χ4n) is 2.16. The molecule has 0 fully saturated rings. The van der Waals surface area contributed by atoms with Gasteiger partial charge in [0.2, 0.25) is 0 Å². The number of nitro benzene ring substituents is 1. The van der Waals surface area contributed by atoms with Gasteiger partial charge in [-0.2, -0.15) is 0 Å². The third-order valence-corrected chi connectivity index (χ3v) is 3.12. The van der Waals surface area contributed by atoms with Crippen LogP contribution in [0.15, 0.2) is 24.3 Å². The second-order valence-electron chi connectivity index (χ2n) is 5.31. The van der Waals surface area contributed by atoms with Crippen molar-refractivity contribution >= 4 is 22.3 Å². The topological polar surface area (TPSA) is 80.1 Å². The van der Waals surface area contributed by atoms with Gasteiger partial charge < -0.3 is 10.6 Å². The lowest BCUT2D eigenvalue weighted by Gasteiger charge is -2.12. The molecule has 0 radical (unpaired) electrons. The number of nitro groups is 1. The lowest BCUT2D eigenvalue weighted by molar-refractivity contribution is -0.384. The van der Waals surface area contributed by atoms with E-state index in [0.717, 1.165) is 35.4 Å². The Morgan fingerprint density at radius 1 is 1.29 bits per heavy atom. The second kappa shape index (κ2) is 6.49. The lowest BCUT2D eigenvalue weighted by atomic mass is 10.1. The fraction of sp³-hybridized carbons (Fsp3) is 0.400. The van der Waals surface area contributed by atoms with Gasteiger partial charge in [-0.3, -0.25) is 15.1 Å². The van der Waals surface area contributed by atoms with E-state index >= 15 is 0 Å². The molecule has 1 heterocycles. The van der Waals surface area contributed by atoms with Crippen molar-refractivity contribution in [1.29, 1.82) is 0 Å². The number of aryl methyl sites for hydroxylation is 1. The van der Waals surface area contributed by atoms with E-state index in [1.807, 2.05) is 13.0 Å². The second-order valence-corrected chi connectivity index (χ2v) is 5.31. The Kier molecular flexibility index (Phi) is 4.70. The maximum Gasteiger partial charge on any atom is 0.270 e. The number of aromatic nitrogens is 1. The van der Waals surface area contributed by atoms with E-state index < -0.39 is 0 Å². The molecule has 0 atom stereocenters. The zero-order valence-corrected chi connectivity index (χ0v) is 12.5. The summed E-state index contributed by atoms with van der Waals surface area (Å²) in [4.78, 5) is 14.9. The van der Waals surface area contributed by atoms with Gasteiger partial charge in [-0.15, -0.1) is 0 Å². The highest BCUT2D eigenvalue weighted by molar-refractivity contribution is 5.93. The van der Waals surface area contributed by atoms with Crippen LogP contribution in [-0.2, 0) is 0 Å². The van der Waals surface area contributed by atoms with Crippen molar-refractivity contribution in [1.82, 2.24) is 10.3 Å². The van der Waals surface area contributed by atoms with Gasteiger partial charge in [-0.25, -0.2) is 0 Å². The first-order chi connectivity index (χ1) is 9.97. The van der Waals surface area contributed by atoms with E-state index in [1.54, 1.807) is 12.1 Å². The average molecular weight is 288 g/mol. The summed E-state index contributed by atoms with van der Waals surface area (Å²) >= 11 is 0. The number of non-ortho nitro benzene ring substituents is 1. The van der Waals surface area contributed by atoms with Crippen LogP contribution in [0.5, 0.6) is 0 Å². The van der Waals surface area contributed by atoms with Crippen molar-refractivity contribution in [2.75, 3.05) is 18.4 Å². The first-order valence-corrected chi connectivity index (χ1v) is 7.00. The van der Waals surface area contributed by atoms with Crippen LogP contribution in [0.3, 0.4) is 0 Å². The van der Waals surface area contributed by atoms with Gasteiger partial charge in [-0.1, -0.05) is 13.8 Å². The summed E-state index contributed by atoms with van der Waals surface area (Å²) in [5.41, 5.74) is 2.61. The highest BCUT2D eigenvalue weighted by atomic mass is 16.6. The Hall–Kier alpha value is -2.21. The predicted molar refractivity (Wildman–Crippen MR) is 84.8 cm³/mol. The maximum atomic E-state index is 10.9. The van der Waals surface area contributed by atoms with Crippen LogP contribution in [0.4, 0.5) is 11.4 Å². The lowest BCUT2D eigenvalue weighted by Crippen LogP contribution is -2.28. The van der Waals surface area contributed by atoms with Crippen LogP contribution in [-0.4, -0.2) is 29.0 Å². The van der Waals surface area contributed by atoms with Gasteiger partial charge in [0.15, 0.2) is 0 Å². The number of hydrogen-bond acceptors (Lipinski definition) is 5. The molecule has 0 aliphatic rings. The fourth-order valence-corrected chi connectivity index (χ4v) is 2.16. The van der Waals surface area contributed by atoms with E-state index in [4.69, 9.17) is 0 Å². The Balaban J connectivity index is 2.27. The third kappa shape index (κ3) is 3.88. The summed E-state index contributed by atoms with van der Waals surface area (Å²) in [7, 11) is 0. The quantitative estimate of drug-likeness (QED) is 0.485. The van der Waals surface area contributed by atoms with Gasteiger partial charge in [0, 0.05) is 48.0 Å². The molecular weight excluding hydrogens is 268 g/mol. The van der Waals surface area contributed by atoms with Crippen molar-refractivity contribution in [3.8, 4) is 0 Å². The number of pyridine rings is 1. The first-order valence-electron chi connectivity index (χ1n) is 7.00. The molecule has 6 heteroatoms. The largest absolute Gasteiger partial charge is 0.383 e. The molecule has 0 unspecified atom stereocenters. The molecular formula is C15H20N4O2. The summed E-state index contributed by atoms with van der Waals surface area (Å²) in [6, 6.07) is 7.10. The number of anilines is 1. The molecule has 0 aliphatic heterocycles. The normalized spacial score (nSPS) is 11.0. The minimum atomic E-state index is -0.386. The number of fused-ring (bicyclic) bond motifs is 1. The highest BCUT2D eigenvalue weighted by Gasteiger charge is 2.10. The van der Waals surface area contributed by atoms with Gasteiger partial charge in [0.1, 0.15) is 0 Å². The molecule has 0 amide bonds. The van der Waals surface area contributed by atoms with Crippen LogP contribution >= 0.6 is 0 Å². The standard InChI is InChI=1S/C15H20N4O2/c1-10(2)16-6-7-17-15-8-11(3)18-14-5-4-12(19(20)21)9-13(14)15/h4-5,8-10,16H,6-7H2,1-3H3,(H,17,18). The smallest absolute Gasteiger partial charge is 0.270 e. The summed E-state index contributed by atoms with van der Waals surface area (Å²) < 4.78 is 0. The molecule has 2 aromatic rings. The monoisotopic (exact) mass is 288 g/mol. The Morgan fingerprint density at radius 2 is 2.05 bits per heavy atom. The zero-order chi connectivity index (χ0) is 15.4. The number of hydrogen-bond donors (Lipinski definition) is 2. The molecule has 21 heavy (non-hydrogen) atoms. The maximum absolute atomic E-state index is 10.9. The molecule has 1 aromatic carbocycles. The summed E-state index contributed by atoms with van der Waals surface area (Å²) in [6.07, 6.45) is 0. The molecule has 0 saturated carbocycles. The van der Waals surface area contributed by atoms with E-state index in [-0.39, 0.29) is 10.6 Å². The molecule has 2 rings (SSSR count). The molecule has 112 valence electrons. The Morgan fingerprint density at radius 3 is 2.71 bits per heavy atom. The number of benzene rings is 1. The molecule has 0 saturated heterocycles. The number of rotatable bonds is 6. The van der Waals surface area contributed by atoms with Crippen LogP contribution in [0, 0.1) is 17.0 Å². The highest BCUT2D eigenvalue weighted by Crippen LogP contribution is 2.27. The molecule has 2 N–H and O–H groups in total.